The molecule has 140 valence electrons. The highest BCUT2D eigenvalue weighted by molar-refractivity contribution is 5.83. The predicted molar refractivity (Wildman–Crippen MR) is 101 cm³/mol. The van der Waals surface area contributed by atoms with Gasteiger partial charge in [-0.2, -0.15) is 0 Å². The number of likely N-dealkylation sites (tertiary alicyclic amines) is 1. The Labute approximate surface area is 154 Å². The standard InChI is InChI=1S/C21H28N2O3/c1-14-18-12-23(10-8-17(18)19(13-26-14)21(24)25-2)9-7-15-11-22-20-6-4-3-5-16(15)20/h3-6,11,14,17-19,22H,7-10,12-13H2,1-2H3/t14?,17?,18?,19-/m1/s1. The number of aromatic amines is 1. The summed E-state index contributed by atoms with van der Waals surface area (Å²) >= 11 is 0. The molecule has 0 radical (unpaired) electrons. The maximum Gasteiger partial charge on any atom is 0.311 e. The van der Waals surface area contributed by atoms with Crippen LogP contribution in [0.25, 0.3) is 10.9 Å². The Morgan fingerprint density at radius 2 is 2.19 bits per heavy atom. The molecule has 4 atom stereocenters. The van der Waals surface area contributed by atoms with Crippen molar-refractivity contribution in [3.8, 4) is 0 Å². The third-order valence-corrected chi connectivity index (χ3v) is 6.33. The predicted octanol–water partition coefficient (Wildman–Crippen LogP) is 2.86. The maximum atomic E-state index is 12.1. The molecular weight excluding hydrogens is 328 g/mol. The lowest BCUT2D eigenvalue weighted by atomic mass is 9.72. The van der Waals surface area contributed by atoms with Crippen LogP contribution < -0.4 is 0 Å². The number of fused-ring (bicyclic) bond motifs is 2. The van der Waals surface area contributed by atoms with Crippen LogP contribution in [0.3, 0.4) is 0 Å². The monoisotopic (exact) mass is 356 g/mol. The minimum absolute atomic E-state index is 0.100. The molecule has 2 aliphatic rings. The van der Waals surface area contributed by atoms with Crippen molar-refractivity contribution < 1.29 is 14.3 Å². The third kappa shape index (κ3) is 3.26. The molecule has 0 amide bonds. The average Bonchev–Trinajstić information content (AvgIpc) is 3.09. The minimum Gasteiger partial charge on any atom is -0.469 e. The fourth-order valence-electron chi connectivity index (χ4n) is 4.78. The summed E-state index contributed by atoms with van der Waals surface area (Å²) < 4.78 is 10.9. The van der Waals surface area contributed by atoms with Crippen LogP contribution in [-0.4, -0.2) is 55.3 Å². The molecular formula is C21H28N2O3. The molecule has 0 spiro atoms. The summed E-state index contributed by atoms with van der Waals surface area (Å²) in [6, 6.07) is 8.47. The highest BCUT2D eigenvalue weighted by Crippen LogP contribution is 2.38. The molecule has 2 aromatic rings. The van der Waals surface area contributed by atoms with Crippen LogP contribution in [0.4, 0.5) is 0 Å². The molecule has 0 bridgehead atoms. The smallest absolute Gasteiger partial charge is 0.311 e. The first-order valence-corrected chi connectivity index (χ1v) is 9.64. The van der Waals surface area contributed by atoms with Crippen molar-refractivity contribution in [2.45, 2.75) is 25.9 Å². The van der Waals surface area contributed by atoms with Gasteiger partial charge in [0.25, 0.3) is 0 Å². The van der Waals surface area contributed by atoms with Gasteiger partial charge in [-0.25, -0.2) is 0 Å². The third-order valence-electron chi connectivity index (χ3n) is 6.33. The van der Waals surface area contributed by atoms with Crippen LogP contribution in [-0.2, 0) is 20.7 Å². The largest absolute Gasteiger partial charge is 0.469 e. The number of esters is 1. The summed E-state index contributed by atoms with van der Waals surface area (Å²) in [7, 11) is 1.48. The Morgan fingerprint density at radius 3 is 3.04 bits per heavy atom. The topological polar surface area (TPSA) is 54.6 Å². The molecule has 5 nitrogen and oxygen atoms in total. The number of para-hydroxylation sites is 1. The normalized spacial score (nSPS) is 29.5. The molecule has 1 aromatic heterocycles. The molecule has 3 heterocycles. The Balaban J connectivity index is 1.40. The van der Waals surface area contributed by atoms with Crippen molar-refractivity contribution in [3.63, 3.8) is 0 Å². The number of methoxy groups -OCH3 is 1. The van der Waals surface area contributed by atoms with Crippen molar-refractivity contribution in [1.29, 1.82) is 0 Å². The van der Waals surface area contributed by atoms with E-state index < -0.39 is 0 Å². The second-order valence-corrected chi connectivity index (χ2v) is 7.69. The van der Waals surface area contributed by atoms with Crippen LogP contribution in [0.2, 0.25) is 0 Å². The van der Waals surface area contributed by atoms with E-state index in [0.717, 1.165) is 32.5 Å². The van der Waals surface area contributed by atoms with Gasteiger partial charge in [-0.3, -0.25) is 4.79 Å². The number of hydrogen-bond donors (Lipinski definition) is 1. The van der Waals surface area contributed by atoms with Crippen molar-refractivity contribution in [2.75, 3.05) is 33.4 Å². The summed E-state index contributed by atoms with van der Waals surface area (Å²) in [6.45, 7) is 5.74. The van der Waals surface area contributed by atoms with Gasteiger partial charge in [0.2, 0.25) is 0 Å². The molecule has 4 rings (SSSR count). The van der Waals surface area contributed by atoms with E-state index in [0.29, 0.717) is 18.4 Å². The van der Waals surface area contributed by atoms with Crippen LogP contribution in [0, 0.1) is 17.8 Å². The van der Waals surface area contributed by atoms with Gasteiger partial charge in [0, 0.05) is 36.1 Å². The van der Waals surface area contributed by atoms with E-state index >= 15 is 0 Å². The van der Waals surface area contributed by atoms with Crippen molar-refractivity contribution >= 4 is 16.9 Å². The van der Waals surface area contributed by atoms with Gasteiger partial charge in [-0.15, -0.1) is 0 Å². The van der Waals surface area contributed by atoms with Crippen LogP contribution >= 0.6 is 0 Å². The lowest BCUT2D eigenvalue weighted by molar-refractivity contribution is -0.166. The van der Waals surface area contributed by atoms with E-state index in [1.54, 1.807) is 0 Å². The highest BCUT2D eigenvalue weighted by Gasteiger charge is 2.44. The minimum atomic E-state index is -0.112. The van der Waals surface area contributed by atoms with E-state index in [-0.39, 0.29) is 18.0 Å². The Bertz CT molecular complexity index is 771. The molecule has 26 heavy (non-hydrogen) atoms. The number of carbonyl (C=O) groups excluding carboxylic acids is 1. The summed E-state index contributed by atoms with van der Waals surface area (Å²) in [6.07, 6.45) is 4.43. The highest BCUT2D eigenvalue weighted by atomic mass is 16.5. The fourth-order valence-corrected chi connectivity index (χ4v) is 4.78. The zero-order valence-corrected chi connectivity index (χ0v) is 15.6. The zero-order valence-electron chi connectivity index (χ0n) is 15.6. The number of nitrogens with zero attached hydrogens (tertiary/aromatic N) is 1. The van der Waals surface area contributed by atoms with Gasteiger partial charge in [0.15, 0.2) is 0 Å². The lowest BCUT2D eigenvalue weighted by Gasteiger charge is -2.47. The number of nitrogens with one attached hydrogen (secondary N) is 1. The van der Waals surface area contributed by atoms with E-state index in [2.05, 4.69) is 47.3 Å². The number of benzene rings is 1. The first-order valence-electron chi connectivity index (χ1n) is 9.64. The molecule has 1 aromatic carbocycles. The van der Waals surface area contributed by atoms with Crippen molar-refractivity contribution in [1.82, 2.24) is 9.88 Å². The lowest BCUT2D eigenvalue weighted by Crippen LogP contribution is -2.53. The summed E-state index contributed by atoms with van der Waals surface area (Å²) in [5.74, 6) is 0.580. The van der Waals surface area contributed by atoms with Gasteiger partial charge >= 0.3 is 5.97 Å². The number of carbonyl (C=O) groups is 1. The first kappa shape index (κ1) is 17.6. The SMILES string of the molecule is COC(=O)[C@@H]1COC(C)C2CN(CCc3c[nH]c4ccccc34)CCC21. The number of H-pyrrole nitrogens is 1. The van der Waals surface area contributed by atoms with Crippen LogP contribution in [0.1, 0.15) is 18.9 Å². The van der Waals surface area contributed by atoms with Gasteiger partial charge in [-0.1, -0.05) is 18.2 Å². The Hall–Kier alpha value is -1.85. The van der Waals surface area contributed by atoms with Gasteiger partial charge in [0.05, 0.1) is 25.7 Å². The van der Waals surface area contributed by atoms with E-state index in [1.807, 2.05) is 0 Å². The number of ether oxygens (including phenoxy) is 2. The summed E-state index contributed by atoms with van der Waals surface area (Å²) in [4.78, 5) is 18.0. The Kier molecular flexibility index (Phi) is 5.00. The fraction of sp³-hybridized carbons (Fsp3) is 0.571. The van der Waals surface area contributed by atoms with Crippen LogP contribution in [0.5, 0.6) is 0 Å². The number of aromatic nitrogens is 1. The van der Waals surface area contributed by atoms with Crippen molar-refractivity contribution in [2.24, 2.45) is 17.8 Å². The summed E-state index contributed by atoms with van der Waals surface area (Å²) in [5.41, 5.74) is 2.58. The van der Waals surface area contributed by atoms with E-state index in [9.17, 15) is 4.79 Å². The van der Waals surface area contributed by atoms with Gasteiger partial charge < -0.3 is 19.4 Å². The number of rotatable bonds is 4. The molecule has 3 unspecified atom stereocenters. The molecule has 2 fully saturated rings. The molecule has 2 aliphatic heterocycles. The second-order valence-electron chi connectivity index (χ2n) is 7.69. The number of piperidine rings is 1. The van der Waals surface area contributed by atoms with E-state index in [4.69, 9.17) is 9.47 Å². The molecule has 2 saturated heterocycles. The molecule has 1 N–H and O–H groups in total. The van der Waals surface area contributed by atoms with Crippen molar-refractivity contribution in [3.05, 3.63) is 36.0 Å². The molecule has 5 heteroatoms. The zero-order chi connectivity index (χ0) is 18.1. The molecule has 0 aliphatic carbocycles. The molecule has 0 saturated carbocycles. The second kappa shape index (κ2) is 7.41. The average molecular weight is 356 g/mol. The Morgan fingerprint density at radius 1 is 1.35 bits per heavy atom. The maximum absolute atomic E-state index is 12.1. The van der Waals surface area contributed by atoms with Gasteiger partial charge in [0.1, 0.15) is 0 Å². The first-order chi connectivity index (χ1) is 12.7. The van der Waals surface area contributed by atoms with Gasteiger partial charge in [-0.05, 0) is 43.9 Å². The quantitative estimate of drug-likeness (QED) is 0.856. The number of hydrogen-bond acceptors (Lipinski definition) is 4. The van der Waals surface area contributed by atoms with E-state index in [1.165, 1.54) is 23.6 Å². The van der Waals surface area contributed by atoms with Crippen LogP contribution in [0.15, 0.2) is 30.5 Å². The summed E-state index contributed by atoms with van der Waals surface area (Å²) in [5, 5.41) is 1.32.